The van der Waals surface area contributed by atoms with Crippen LogP contribution >= 0.6 is 0 Å². The molecule has 0 spiro atoms. The first kappa shape index (κ1) is 18.6. The lowest BCUT2D eigenvalue weighted by atomic mass is 9.67. The molecule has 4 N–H and O–H groups in total. The Morgan fingerprint density at radius 1 is 1.35 bits per heavy atom. The van der Waals surface area contributed by atoms with Crippen LogP contribution in [0, 0.1) is 11.2 Å². The van der Waals surface area contributed by atoms with Gasteiger partial charge < -0.3 is 16.2 Å². The second-order valence-corrected chi connectivity index (χ2v) is 7.98. The number of halogens is 1. The van der Waals surface area contributed by atoms with Gasteiger partial charge in [-0.25, -0.2) is 9.38 Å². The number of carbonyl (C=O) groups excluding carboxylic acids is 1. The molecule has 0 radical (unpaired) electrons. The number of anilines is 1. The summed E-state index contributed by atoms with van der Waals surface area (Å²) in [4.78, 5) is 18.6. The lowest BCUT2D eigenvalue weighted by molar-refractivity contribution is -0.140. The number of amides is 1. The third kappa shape index (κ3) is 2.74. The van der Waals surface area contributed by atoms with Gasteiger partial charge in [0.05, 0.1) is 17.6 Å². The predicted molar refractivity (Wildman–Crippen MR) is 99.2 cm³/mol. The van der Waals surface area contributed by atoms with E-state index < -0.39 is 22.9 Å². The van der Waals surface area contributed by atoms with Crippen LogP contribution in [-0.4, -0.2) is 41.1 Å². The molecule has 3 rings (SSSR count). The number of benzene rings is 1. The highest BCUT2D eigenvalue weighted by atomic mass is 19.1. The van der Waals surface area contributed by atoms with Gasteiger partial charge in [0.1, 0.15) is 11.4 Å². The van der Waals surface area contributed by atoms with Gasteiger partial charge in [0, 0.05) is 18.3 Å². The molecule has 1 fully saturated rings. The number of aliphatic imine (C=N–C) groups is 1. The highest BCUT2D eigenvalue weighted by Crippen LogP contribution is 2.47. The van der Waals surface area contributed by atoms with Crippen LogP contribution in [0.5, 0.6) is 0 Å². The summed E-state index contributed by atoms with van der Waals surface area (Å²) >= 11 is 0. The van der Waals surface area contributed by atoms with Crippen LogP contribution < -0.4 is 11.1 Å². The topological polar surface area (TPSA) is 91.0 Å². The van der Waals surface area contributed by atoms with Crippen molar-refractivity contribution in [3.8, 4) is 0 Å². The lowest BCUT2D eigenvalue weighted by Gasteiger charge is -2.46. The van der Waals surface area contributed by atoms with Gasteiger partial charge in [-0.3, -0.25) is 9.69 Å². The van der Waals surface area contributed by atoms with Crippen LogP contribution in [0.25, 0.3) is 0 Å². The van der Waals surface area contributed by atoms with E-state index in [1.54, 1.807) is 40.0 Å². The smallest absolute Gasteiger partial charge is 0.237 e. The first-order valence-corrected chi connectivity index (χ1v) is 8.96. The lowest BCUT2D eigenvalue weighted by Crippen LogP contribution is -2.58. The number of nitrogens with zero attached hydrogens (tertiary/aromatic N) is 2. The summed E-state index contributed by atoms with van der Waals surface area (Å²) in [5.41, 5.74) is 4.82. The largest absolute Gasteiger partial charge is 0.391 e. The predicted octanol–water partition coefficient (Wildman–Crippen LogP) is 2.18. The van der Waals surface area contributed by atoms with Gasteiger partial charge in [0.15, 0.2) is 5.96 Å². The van der Waals surface area contributed by atoms with Crippen LogP contribution in [0.2, 0.25) is 0 Å². The molecule has 7 heteroatoms. The number of aliphatic hydroxyl groups is 1. The zero-order valence-electron chi connectivity index (χ0n) is 15.7. The molecule has 26 heavy (non-hydrogen) atoms. The molecule has 1 heterocycles. The molecule has 0 bridgehead atoms. The van der Waals surface area contributed by atoms with Crippen LogP contribution in [0.3, 0.4) is 0 Å². The van der Waals surface area contributed by atoms with E-state index in [2.05, 4.69) is 10.3 Å². The molecule has 1 aromatic rings. The van der Waals surface area contributed by atoms with Crippen molar-refractivity contribution in [3.05, 3.63) is 29.6 Å². The number of rotatable bonds is 3. The number of aliphatic hydroxyl groups excluding tert-OH is 1. The van der Waals surface area contributed by atoms with Gasteiger partial charge in [0.25, 0.3) is 0 Å². The maximum atomic E-state index is 14.8. The van der Waals surface area contributed by atoms with Crippen LogP contribution in [0.15, 0.2) is 23.2 Å². The third-order valence-corrected chi connectivity index (χ3v) is 6.06. The number of nitrogens with two attached hydrogens (primary N) is 1. The second-order valence-electron chi connectivity index (χ2n) is 7.98. The monoisotopic (exact) mass is 362 g/mol. The summed E-state index contributed by atoms with van der Waals surface area (Å²) in [5, 5.41) is 13.3. The van der Waals surface area contributed by atoms with E-state index in [1.165, 1.54) is 11.0 Å². The second kappa shape index (κ2) is 6.23. The van der Waals surface area contributed by atoms with E-state index in [1.807, 2.05) is 0 Å². The van der Waals surface area contributed by atoms with E-state index >= 15 is 0 Å². The highest BCUT2D eigenvalue weighted by Gasteiger charge is 2.53. The standard InChI is InChI=1S/C19H27FN4O2/c1-18(2)16(26)24(4)17(21)23-19(18,3)12-10-11(8-9-13(12)20)22-14-6-5-7-15(14)25/h8-10,14-15,22,25H,5-7H2,1-4H3,(H2,21,23)/t14-,15-,19+/m0/s1. The van der Waals surface area contributed by atoms with Crippen LogP contribution in [0.1, 0.15) is 45.6 Å². The molecule has 1 amide bonds. The van der Waals surface area contributed by atoms with E-state index in [0.717, 1.165) is 19.3 Å². The minimum atomic E-state index is -1.14. The Kier molecular flexibility index (Phi) is 4.46. The molecule has 1 saturated carbocycles. The van der Waals surface area contributed by atoms with Crippen molar-refractivity contribution in [1.29, 1.82) is 0 Å². The maximum absolute atomic E-state index is 14.8. The fourth-order valence-electron chi connectivity index (χ4n) is 3.88. The summed E-state index contributed by atoms with van der Waals surface area (Å²) < 4.78 is 14.8. The van der Waals surface area contributed by atoms with Crippen molar-refractivity contribution >= 4 is 17.6 Å². The van der Waals surface area contributed by atoms with Gasteiger partial charge in [-0.05, 0) is 58.2 Å². The molecular weight excluding hydrogens is 335 g/mol. The molecule has 1 aliphatic carbocycles. The van der Waals surface area contributed by atoms with Crippen LogP contribution in [-0.2, 0) is 10.3 Å². The zero-order valence-corrected chi connectivity index (χ0v) is 15.7. The third-order valence-electron chi connectivity index (χ3n) is 6.06. The maximum Gasteiger partial charge on any atom is 0.237 e. The van der Waals surface area contributed by atoms with Crippen molar-refractivity contribution in [2.24, 2.45) is 16.1 Å². The SMILES string of the molecule is CN1C(=O)C(C)(C)[C@@](C)(c2cc(N[C@H]3CCC[C@@H]3O)ccc2F)N=C1N. The Morgan fingerprint density at radius 3 is 2.65 bits per heavy atom. The van der Waals surface area contributed by atoms with E-state index in [9.17, 15) is 14.3 Å². The number of hydrogen-bond donors (Lipinski definition) is 3. The van der Waals surface area contributed by atoms with Gasteiger partial charge in [-0.2, -0.15) is 0 Å². The van der Waals surface area contributed by atoms with Crippen molar-refractivity contribution in [2.45, 2.75) is 57.7 Å². The van der Waals surface area contributed by atoms with E-state index in [4.69, 9.17) is 5.73 Å². The van der Waals surface area contributed by atoms with Gasteiger partial charge in [-0.1, -0.05) is 0 Å². The Labute approximate surface area is 153 Å². The Bertz CT molecular complexity index is 764. The molecule has 2 aliphatic rings. The molecule has 3 atom stereocenters. The number of hydrogen-bond acceptors (Lipinski definition) is 5. The van der Waals surface area contributed by atoms with Crippen molar-refractivity contribution in [1.82, 2.24) is 4.90 Å². The quantitative estimate of drug-likeness (QED) is 0.769. The molecular formula is C19H27FN4O2. The normalized spacial score (nSPS) is 31.1. The fourth-order valence-corrected chi connectivity index (χ4v) is 3.88. The Morgan fingerprint density at radius 2 is 2.04 bits per heavy atom. The highest BCUT2D eigenvalue weighted by molar-refractivity contribution is 6.01. The molecule has 6 nitrogen and oxygen atoms in total. The molecule has 0 unspecified atom stereocenters. The zero-order chi connectivity index (χ0) is 19.3. The Hall–Kier alpha value is -2.15. The summed E-state index contributed by atoms with van der Waals surface area (Å²) in [6, 6.07) is 4.64. The summed E-state index contributed by atoms with van der Waals surface area (Å²) in [6.45, 7) is 5.24. The Balaban J connectivity index is 2.04. The number of guanidine groups is 1. The first-order valence-electron chi connectivity index (χ1n) is 8.96. The fraction of sp³-hybridized carbons (Fsp3) is 0.579. The first-order chi connectivity index (χ1) is 12.1. The average Bonchev–Trinajstić information content (AvgIpc) is 2.98. The summed E-state index contributed by atoms with van der Waals surface area (Å²) in [7, 11) is 1.57. The van der Waals surface area contributed by atoms with Crippen molar-refractivity contribution < 1.29 is 14.3 Å². The molecule has 1 aromatic carbocycles. The van der Waals surface area contributed by atoms with Gasteiger partial charge in [0.2, 0.25) is 5.91 Å². The number of nitrogens with one attached hydrogen (secondary N) is 1. The van der Waals surface area contributed by atoms with Crippen molar-refractivity contribution in [3.63, 3.8) is 0 Å². The molecule has 142 valence electrons. The van der Waals surface area contributed by atoms with Crippen LogP contribution in [0.4, 0.5) is 10.1 Å². The minimum absolute atomic E-state index is 0.0539. The van der Waals surface area contributed by atoms with Gasteiger partial charge in [-0.15, -0.1) is 0 Å². The molecule has 1 aliphatic heterocycles. The summed E-state index contributed by atoms with van der Waals surface area (Å²) in [6.07, 6.45) is 2.18. The minimum Gasteiger partial charge on any atom is -0.391 e. The van der Waals surface area contributed by atoms with Crippen molar-refractivity contribution in [2.75, 3.05) is 12.4 Å². The van der Waals surface area contributed by atoms with E-state index in [0.29, 0.717) is 11.3 Å². The molecule has 0 saturated heterocycles. The molecule has 0 aromatic heterocycles. The van der Waals surface area contributed by atoms with E-state index in [-0.39, 0.29) is 17.9 Å². The summed E-state index contributed by atoms with van der Waals surface area (Å²) in [5.74, 6) is -0.579. The average molecular weight is 362 g/mol. The van der Waals surface area contributed by atoms with Gasteiger partial charge >= 0.3 is 0 Å². The number of carbonyl (C=O) groups is 1.